The van der Waals surface area contributed by atoms with Gasteiger partial charge in [0.15, 0.2) is 0 Å². The van der Waals surface area contributed by atoms with Gasteiger partial charge in [-0.1, -0.05) is 30.3 Å². The van der Waals surface area contributed by atoms with Crippen molar-refractivity contribution in [2.45, 2.75) is 13.5 Å². The molecule has 1 heterocycles. The van der Waals surface area contributed by atoms with Crippen molar-refractivity contribution in [3.63, 3.8) is 0 Å². The first-order valence-corrected chi connectivity index (χ1v) is 5.23. The number of rotatable bonds is 3. The molecule has 0 radical (unpaired) electrons. The van der Waals surface area contributed by atoms with Gasteiger partial charge in [0.05, 0.1) is 0 Å². The van der Waals surface area contributed by atoms with Gasteiger partial charge in [0.25, 0.3) is 0 Å². The summed E-state index contributed by atoms with van der Waals surface area (Å²) in [4.78, 5) is 13.9. The van der Waals surface area contributed by atoms with Gasteiger partial charge in [0.1, 0.15) is 0 Å². The molecule has 2 aromatic rings. The van der Waals surface area contributed by atoms with E-state index in [4.69, 9.17) is 0 Å². The van der Waals surface area contributed by atoms with Crippen molar-refractivity contribution in [3.05, 3.63) is 64.1 Å². The molecule has 0 fully saturated rings. The monoisotopic (exact) mass is 214 g/mol. The van der Waals surface area contributed by atoms with Gasteiger partial charge in [0.2, 0.25) is 5.56 Å². The summed E-state index contributed by atoms with van der Waals surface area (Å²) in [5.41, 5.74) is 2.84. The Labute approximate surface area is 94.1 Å². The highest BCUT2D eigenvalue weighted by atomic mass is 16.1. The highest BCUT2D eigenvalue weighted by Gasteiger charge is 1.96. The lowest BCUT2D eigenvalue weighted by Gasteiger charge is -2.06. The molecule has 1 aromatic heterocycles. The average Bonchev–Trinajstić information content (AvgIpc) is 2.27. The Morgan fingerprint density at radius 3 is 2.62 bits per heavy atom. The summed E-state index contributed by atoms with van der Waals surface area (Å²) < 4.78 is 0. The number of anilines is 1. The molecule has 2 rings (SSSR count). The molecule has 0 atom stereocenters. The summed E-state index contributed by atoms with van der Waals surface area (Å²) in [5, 5.41) is 3.22. The Kier molecular flexibility index (Phi) is 3.05. The van der Waals surface area contributed by atoms with Crippen LogP contribution in [0.2, 0.25) is 0 Å². The molecule has 0 aliphatic rings. The number of aromatic amines is 1. The molecule has 0 aliphatic heterocycles. The van der Waals surface area contributed by atoms with Gasteiger partial charge in [-0.2, -0.15) is 0 Å². The van der Waals surface area contributed by atoms with Gasteiger partial charge in [0, 0.05) is 24.0 Å². The van der Waals surface area contributed by atoms with E-state index in [0.717, 1.165) is 17.9 Å². The van der Waals surface area contributed by atoms with Crippen molar-refractivity contribution in [2.24, 2.45) is 0 Å². The van der Waals surface area contributed by atoms with Crippen LogP contribution in [0.4, 0.5) is 5.69 Å². The molecular weight excluding hydrogens is 200 g/mol. The van der Waals surface area contributed by atoms with E-state index in [-0.39, 0.29) is 5.56 Å². The maximum Gasteiger partial charge on any atom is 0.250 e. The lowest BCUT2D eigenvalue weighted by molar-refractivity contribution is 1.10. The van der Waals surface area contributed by atoms with Crippen molar-refractivity contribution < 1.29 is 0 Å². The summed E-state index contributed by atoms with van der Waals surface area (Å²) in [6.07, 6.45) is 0. The molecule has 0 amide bonds. The normalized spacial score (nSPS) is 10.1. The largest absolute Gasteiger partial charge is 0.381 e. The Morgan fingerprint density at radius 2 is 1.94 bits per heavy atom. The van der Waals surface area contributed by atoms with Crippen LogP contribution in [-0.4, -0.2) is 4.98 Å². The van der Waals surface area contributed by atoms with Crippen LogP contribution in [-0.2, 0) is 6.54 Å². The van der Waals surface area contributed by atoms with Crippen LogP contribution < -0.4 is 10.9 Å². The summed E-state index contributed by atoms with van der Waals surface area (Å²) in [5.74, 6) is 0. The van der Waals surface area contributed by atoms with E-state index in [1.54, 1.807) is 6.07 Å². The van der Waals surface area contributed by atoms with Gasteiger partial charge in [-0.15, -0.1) is 0 Å². The molecule has 0 saturated heterocycles. The molecule has 3 nitrogen and oxygen atoms in total. The van der Waals surface area contributed by atoms with Crippen molar-refractivity contribution in [1.29, 1.82) is 0 Å². The van der Waals surface area contributed by atoms with E-state index in [1.807, 2.05) is 43.3 Å². The van der Waals surface area contributed by atoms with Crippen LogP contribution in [0.1, 0.15) is 11.3 Å². The lowest BCUT2D eigenvalue weighted by atomic mass is 10.2. The number of hydrogen-bond acceptors (Lipinski definition) is 2. The number of aryl methyl sites for hydroxylation is 1. The molecule has 0 spiro atoms. The average molecular weight is 214 g/mol. The Bertz CT molecular complexity index is 517. The fourth-order valence-electron chi connectivity index (χ4n) is 1.58. The number of nitrogens with one attached hydrogen (secondary N) is 2. The molecule has 82 valence electrons. The van der Waals surface area contributed by atoms with Crippen LogP contribution in [0.3, 0.4) is 0 Å². The maximum atomic E-state index is 11.2. The summed E-state index contributed by atoms with van der Waals surface area (Å²) >= 11 is 0. The second-order valence-corrected chi connectivity index (χ2v) is 3.76. The number of aromatic nitrogens is 1. The molecule has 16 heavy (non-hydrogen) atoms. The first-order valence-electron chi connectivity index (χ1n) is 5.23. The second kappa shape index (κ2) is 4.66. The van der Waals surface area contributed by atoms with Crippen LogP contribution in [0.15, 0.2) is 47.3 Å². The maximum absolute atomic E-state index is 11.2. The first kappa shape index (κ1) is 10.5. The fourth-order valence-corrected chi connectivity index (χ4v) is 1.58. The minimum absolute atomic E-state index is 0.0736. The third kappa shape index (κ3) is 2.73. The molecule has 0 bridgehead atoms. The summed E-state index contributed by atoms with van der Waals surface area (Å²) in [6.45, 7) is 2.60. The first-order chi connectivity index (χ1) is 7.74. The minimum Gasteiger partial charge on any atom is -0.381 e. The van der Waals surface area contributed by atoms with E-state index >= 15 is 0 Å². The highest BCUT2D eigenvalue weighted by Crippen LogP contribution is 2.07. The Morgan fingerprint density at radius 1 is 1.19 bits per heavy atom. The third-order valence-corrected chi connectivity index (χ3v) is 2.32. The highest BCUT2D eigenvalue weighted by molar-refractivity contribution is 5.43. The van der Waals surface area contributed by atoms with Crippen molar-refractivity contribution >= 4 is 5.69 Å². The van der Waals surface area contributed by atoms with E-state index in [2.05, 4.69) is 10.3 Å². The quantitative estimate of drug-likeness (QED) is 0.823. The van der Waals surface area contributed by atoms with Crippen molar-refractivity contribution in [3.8, 4) is 0 Å². The lowest BCUT2D eigenvalue weighted by Crippen LogP contribution is -2.08. The molecule has 2 N–H and O–H groups in total. The van der Waals surface area contributed by atoms with Crippen LogP contribution >= 0.6 is 0 Å². The molecule has 0 aliphatic carbocycles. The van der Waals surface area contributed by atoms with Crippen LogP contribution in [0.5, 0.6) is 0 Å². The van der Waals surface area contributed by atoms with Gasteiger partial charge in [-0.05, 0) is 18.6 Å². The predicted molar refractivity (Wildman–Crippen MR) is 65.6 cm³/mol. The zero-order valence-corrected chi connectivity index (χ0v) is 9.16. The minimum atomic E-state index is -0.0736. The Hall–Kier alpha value is -2.03. The number of hydrogen-bond donors (Lipinski definition) is 2. The van der Waals surface area contributed by atoms with Crippen molar-refractivity contribution in [2.75, 3.05) is 5.32 Å². The molecule has 0 unspecified atom stereocenters. The van der Waals surface area contributed by atoms with Gasteiger partial charge in [-0.3, -0.25) is 4.79 Å². The SMILES string of the molecule is Cc1cc(NCc2ccccc2)cc(=O)[nH]1. The van der Waals surface area contributed by atoms with E-state index < -0.39 is 0 Å². The molecule has 1 aromatic carbocycles. The predicted octanol–water partition coefficient (Wildman–Crippen LogP) is 2.30. The zero-order valence-electron chi connectivity index (χ0n) is 9.16. The second-order valence-electron chi connectivity index (χ2n) is 3.76. The van der Waals surface area contributed by atoms with Crippen LogP contribution in [0.25, 0.3) is 0 Å². The van der Waals surface area contributed by atoms with Crippen LogP contribution in [0, 0.1) is 6.92 Å². The third-order valence-electron chi connectivity index (χ3n) is 2.32. The zero-order chi connectivity index (χ0) is 11.4. The molecule has 3 heteroatoms. The van der Waals surface area contributed by atoms with E-state index in [1.165, 1.54) is 5.56 Å². The van der Waals surface area contributed by atoms with Gasteiger partial charge in [-0.25, -0.2) is 0 Å². The molecule has 0 saturated carbocycles. The number of pyridine rings is 1. The van der Waals surface area contributed by atoms with Gasteiger partial charge >= 0.3 is 0 Å². The summed E-state index contributed by atoms with van der Waals surface area (Å²) in [7, 11) is 0. The molecular formula is C13H14N2O. The Balaban J connectivity index is 2.08. The smallest absolute Gasteiger partial charge is 0.250 e. The van der Waals surface area contributed by atoms with E-state index in [9.17, 15) is 4.79 Å². The standard InChI is InChI=1S/C13H14N2O/c1-10-7-12(8-13(16)15-10)14-9-11-5-3-2-4-6-11/h2-8H,9H2,1H3,(H2,14,15,16). The van der Waals surface area contributed by atoms with Gasteiger partial charge < -0.3 is 10.3 Å². The summed E-state index contributed by atoms with van der Waals surface area (Å²) in [6, 6.07) is 13.6. The topological polar surface area (TPSA) is 44.9 Å². The van der Waals surface area contributed by atoms with E-state index in [0.29, 0.717) is 0 Å². The van der Waals surface area contributed by atoms with Crippen molar-refractivity contribution in [1.82, 2.24) is 4.98 Å². The number of benzene rings is 1. The number of H-pyrrole nitrogens is 1. The fraction of sp³-hybridized carbons (Fsp3) is 0.154.